The molecule has 1 unspecified atom stereocenters. The molecule has 1 aliphatic rings. The summed E-state index contributed by atoms with van der Waals surface area (Å²) in [7, 11) is 0. The Hall–Kier alpha value is -0.690. The highest BCUT2D eigenvalue weighted by atomic mass is 16.5. The van der Waals surface area contributed by atoms with Crippen molar-refractivity contribution in [2.45, 2.75) is 31.3 Å². The summed E-state index contributed by atoms with van der Waals surface area (Å²) < 4.78 is 5.06. The summed E-state index contributed by atoms with van der Waals surface area (Å²) in [5.41, 5.74) is 0. The third-order valence-electron chi connectivity index (χ3n) is 2.17. The zero-order valence-electron chi connectivity index (χ0n) is 7.88. The Labute approximate surface area is 81.5 Å². The summed E-state index contributed by atoms with van der Waals surface area (Å²) in [5, 5.41) is 30.0. The molecule has 0 aliphatic carbocycles. The highest BCUT2D eigenvalue weighted by Gasteiger charge is 2.40. The van der Waals surface area contributed by atoms with Gasteiger partial charge < -0.3 is 25.4 Å². The van der Waals surface area contributed by atoms with Crippen LogP contribution >= 0.6 is 0 Å². The molecule has 0 aromatic carbocycles. The van der Waals surface area contributed by atoms with Crippen molar-refractivity contribution in [3.8, 4) is 0 Å². The van der Waals surface area contributed by atoms with Crippen molar-refractivity contribution < 1.29 is 24.9 Å². The molecular formula is C8H15NO5. The van der Waals surface area contributed by atoms with Gasteiger partial charge in [-0.05, 0) is 0 Å². The van der Waals surface area contributed by atoms with Crippen molar-refractivity contribution in [1.29, 1.82) is 0 Å². The first-order valence-electron chi connectivity index (χ1n) is 4.42. The van der Waals surface area contributed by atoms with E-state index in [-0.39, 0.29) is 12.5 Å². The first-order chi connectivity index (χ1) is 6.56. The minimum absolute atomic E-state index is 0.141. The highest BCUT2D eigenvalue weighted by Crippen LogP contribution is 2.17. The average Bonchev–Trinajstić information content (AvgIpc) is 2.46. The van der Waals surface area contributed by atoms with Crippen molar-refractivity contribution in [2.24, 2.45) is 0 Å². The van der Waals surface area contributed by atoms with Gasteiger partial charge in [0, 0.05) is 6.92 Å². The normalized spacial score (nSPS) is 34.1. The molecule has 4 N–H and O–H groups in total. The fourth-order valence-corrected chi connectivity index (χ4v) is 1.47. The SMILES string of the molecule is CC(=O)NC1CO[C@H]([C@H](O)CO)[C@@H]1O. The maximum absolute atomic E-state index is 10.7. The molecule has 1 amide bonds. The molecular weight excluding hydrogens is 190 g/mol. The van der Waals surface area contributed by atoms with E-state index in [1.807, 2.05) is 0 Å². The summed E-state index contributed by atoms with van der Waals surface area (Å²) in [6.45, 7) is 1.000. The van der Waals surface area contributed by atoms with Gasteiger partial charge in [-0.15, -0.1) is 0 Å². The first-order valence-corrected chi connectivity index (χ1v) is 4.42. The molecule has 1 aliphatic heterocycles. The molecule has 6 heteroatoms. The molecule has 82 valence electrons. The number of carbonyl (C=O) groups excluding carboxylic acids is 1. The molecule has 14 heavy (non-hydrogen) atoms. The zero-order chi connectivity index (χ0) is 10.7. The maximum Gasteiger partial charge on any atom is 0.217 e. The van der Waals surface area contributed by atoms with Crippen LogP contribution < -0.4 is 5.32 Å². The highest BCUT2D eigenvalue weighted by molar-refractivity contribution is 5.73. The van der Waals surface area contributed by atoms with E-state index in [4.69, 9.17) is 9.84 Å². The molecule has 6 nitrogen and oxygen atoms in total. The van der Waals surface area contributed by atoms with Crippen LogP contribution in [0.2, 0.25) is 0 Å². The average molecular weight is 205 g/mol. The summed E-state index contributed by atoms with van der Waals surface area (Å²) in [6.07, 6.45) is -2.94. The molecule has 0 saturated carbocycles. The number of carbonyl (C=O) groups is 1. The van der Waals surface area contributed by atoms with Crippen LogP contribution in [-0.4, -0.2) is 58.8 Å². The number of ether oxygens (including phenoxy) is 1. The van der Waals surface area contributed by atoms with Gasteiger partial charge >= 0.3 is 0 Å². The topological polar surface area (TPSA) is 99.0 Å². The Bertz CT molecular complexity index is 210. The van der Waals surface area contributed by atoms with Gasteiger partial charge in [-0.3, -0.25) is 4.79 Å². The van der Waals surface area contributed by atoms with Crippen LogP contribution in [0.4, 0.5) is 0 Å². The quantitative estimate of drug-likeness (QED) is 0.412. The standard InChI is InChI=1S/C8H15NO5/c1-4(11)9-5-3-14-8(7(5)13)6(12)2-10/h5-8,10,12-13H,2-3H2,1H3,(H,9,11)/t5?,6-,7-,8-/m1/s1. The van der Waals surface area contributed by atoms with E-state index in [1.54, 1.807) is 0 Å². The molecule has 1 heterocycles. The molecule has 0 aromatic heterocycles. The lowest BCUT2D eigenvalue weighted by molar-refractivity contribution is -0.120. The van der Waals surface area contributed by atoms with Crippen LogP contribution in [0.25, 0.3) is 0 Å². The van der Waals surface area contributed by atoms with Crippen molar-refractivity contribution in [1.82, 2.24) is 5.32 Å². The van der Waals surface area contributed by atoms with Crippen LogP contribution in [0.3, 0.4) is 0 Å². The minimum atomic E-state index is -1.12. The van der Waals surface area contributed by atoms with Gasteiger partial charge in [0.15, 0.2) is 0 Å². The van der Waals surface area contributed by atoms with Crippen LogP contribution in [0.1, 0.15) is 6.92 Å². The van der Waals surface area contributed by atoms with E-state index in [0.717, 1.165) is 0 Å². The van der Waals surface area contributed by atoms with Gasteiger partial charge in [-0.1, -0.05) is 0 Å². The van der Waals surface area contributed by atoms with Crippen LogP contribution in [0.5, 0.6) is 0 Å². The molecule has 1 saturated heterocycles. The first kappa shape index (κ1) is 11.4. The van der Waals surface area contributed by atoms with E-state index in [1.165, 1.54) is 6.92 Å². The molecule has 1 rings (SSSR count). The Balaban J connectivity index is 2.50. The lowest BCUT2D eigenvalue weighted by atomic mass is 10.1. The van der Waals surface area contributed by atoms with E-state index < -0.39 is 31.0 Å². The lowest BCUT2D eigenvalue weighted by Crippen LogP contribution is -2.46. The second-order valence-corrected chi connectivity index (χ2v) is 3.35. The third-order valence-corrected chi connectivity index (χ3v) is 2.17. The summed E-state index contributed by atoms with van der Waals surface area (Å²) in [5.74, 6) is -0.267. The zero-order valence-corrected chi connectivity index (χ0v) is 7.88. The molecule has 4 atom stereocenters. The molecule has 0 aromatic rings. The van der Waals surface area contributed by atoms with Crippen LogP contribution in [0.15, 0.2) is 0 Å². The smallest absolute Gasteiger partial charge is 0.217 e. The summed E-state index contributed by atoms with van der Waals surface area (Å²) in [6, 6.07) is -0.515. The number of aliphatic hydroxyl groups is 3. The van der Waals surface area contributed by atoms with E-state index >= 15 is 0 Å². The summed E-state index contributed by atoms with van der Waals surface area (Å²) in [4.78, 5) is 10.7. The van der Waals surface area contributed by atoms with Gasteiger partial charge in [0.25, 0.3) is 0 Å². The fourth-order valence-electron chi connectivity index (χ4n) is 1.47. The third kappa shape index (κ3) is 2.42. The van der Waals surface area contributed by atoms with Crippen molar-refractivity contribution >= 4 is 5.91 Å². The van der Waals surface area contributed by atoms with Crippen LogP contribution in [0, 0.1) is 0 Å². The van der Waals surface area contributed by atoms with Crippen LogP contribution in [-0.2, 0) is 9.53 Å². The maximum atomic E-state index is 10.7. The van der Waals surface area contributed by atoms with Crippen molar-refractivity contribution in [3.05, 3.63) is 0 Å². The van der Waals surface area contributed by atoms with E-state index in [0.29, 0.717) is 0 Å². The van der Waals surface area contributed by atoms with Gasteiger partial charge in [-0.25, -0.2) is 0 Å². The Morgan fingerprint density at radius 3 is 2.86 bits per heavy atom. The number of amides is 1. The van der Waals surface area contributed by atoms with Gasteiger partial charge in [0.05, 0.1) is 19.3 Å². The fraction of sp³-hybridized carbons (Fsp3) is 0.875. The number of aliphatic hydroxyl groups excluding tert-OH is 3. The molecule has 1 fully saturated rings. The molecule has 0 bridgehead atoms. The largest absolute Gasteiger partial charge is 0.394 e. The Morgan fingerprint density at radius 2 is 2.36 bits per heavy atom. The van der Waals surface area contributed by atoms with Crippen molar-refractivity contribution in [2.75, 3.05) is 13.2 Å². The lowest BCUT2D eigenvalue weighted by Gasteiger charge is -2.20. The van der Waals surface area contributed by atoms with Gasteiger partial charge in [0.2, 0.25) is 5.91 Å². The Kier molecular flexibility index (Phi) is 3.82. The number of rotatable bonds is 3. The van der Waals surface area contributed by atoms with Crippen molar-refractivity contribution in [3.63, 3.8) is 0 Å². The molecule has 0 radical (unpaired) electrons. The minimum Gasteiger partial charge on any atom is -0.394 e. The monoisotopic (exact) mass is 205 g/mol. The van der Waals surface area contributed by atoms with Gasteiger partial charge in [0.1, 0.15) is 18.3 Å². The van der Waals surface area contributed by atoms with Gasteiger partial charge in [-0.2, -0.15) is 0 Å². The predicted octanol–water partition coefficient (Wildman–Crippen LogP) is -2.40. The predicted molar refractivity (Wildman–Crippen MR) is 46.4 cm³/mol. The second-order valence-electron chi connectivity index (χ2n) is 3.35. The van der Waals surface area contributed by atoms with E-state index in [9.17, 15) is 15.0 Å². The number of hydrogen-bond donors (Lipinski definition) is 4. The Morgan fingerprint density at radius 1 is 1.71 bits per heavy atom. The van der Waals surface area contributed by atoms with E-state index in [2.05, 4.69) is 5.32 Å². The summed E-state index contributed by atoms with van der Waals surface area (Å²) >= 11 is 0. The molecule has 0 spiro atoms. The number of nitrogens with one attached hydrogen (secondary N) is 1. The second kappa shape index (κ2) is 4.70. The number of hydrogen-bond acceptors (Lipinski definition) is 5.